The van der Waals surface area contributed by atoms with Gasteiger partial charge in [-0.1, -0.05) is 23.8 Å². The molecule has 32 heavy (non-hydrogen) atoms. The Labute approximate surface area is 190 Å². The van der Waals surface area contributed by atoms with E-state index in [1.807, 2.05) is 25.1 Å². The number of amides is 1. The molecular formula is C25H22ClFN2O3. The molecule has 1 N–H and O–H groups in total. The van der Waals surface area contributed by atoms with Crippen molar-refractivity contribution in [2.45, 2.75) is 19.8 Å². The monoisotopic (exact) mass is 452 g/mol. The normalized spacial score (nSPS) is 15.5. The summed E-state index contributed by atoms with van der Waals surface area (Å²) in [6.45, 7) is 1.83. The van der Waals surface area contributed by atoms with Crippen molar-refractivity contribution in [2.75, 3.05) is 12.4 Å². The molecule has 0 bridgehead atoms. The summed E-state index contributed by atoms with van der Waals surface area (Å²) in [5, 5.41) is 4.17. The van der Waals surface area contributed by atoms with Crippen LogP contribution in [0.2, 0.25) is 0 Å². The molecule has 1 heterocycles. The largest absolute Gasteiger partial charge is 0.497 e. The molecule has 3 aromatic rings. The van der Waals surface area contributed by atoms with E-state index in [0.717, 1.165) is 10.9 Å². The number of allylic oxidation sites excluding steroid dienone is 4. The molecule has 0 saturated heterocycles. The number of hydrogen-bond donors (Lipinski definition) is 1. The zero-order chi connectivity index (χ0) is 22.8. The Bertz CT molecular complexity index is 1260. The van der Waals surface area contributed by atoms with Gasteiger partial charge in [0.15, 0.2) is 0 Å². The molecule has 0 fully saturated rings. The molecule has 1 aliphatic carbocycles. The van der Waals surface area contributed by atoms with Crippen molar-refractivity contribution in [1.82, 2.24) is 4.57 Å². The quantitative estimate of drug-likeness (QED) is 0.546. The molecule has 2 aromatic carbocycles. The van der Waals surface area contributed by atoms with E-state index in [2.05, 4.69) is 5.32 Å². The number of anilines is 1. The number of carbonyl (C=O) groups excluding carboxylic acids is 2. The SMILES string of the molecule is COc1ccc2c(c1)c(CC(=O)Nc1ccc(F)cc1)c(C)n2C(=O)C1C=CC(Cl)=CC1. The topological polar surface area (TPSA) is 60.3 Å². The van der Waals surface area contributed by atoms with Crippen LogP contribution in [0.25, 0.3) is 10.9 Å². The second-order valence-electron chi connectivity index (χ2n) is 7.64. The number of halogens is 2. The average molecular weight is 453 g/mol. The van der Waals surface area contributed by atoms with Gasteiger partial charge in [0.1, 0.15) is 11.6 Å². The van der Waals surface area contributed by atoms with E-state index in [1.54, 1.807) is 29.9 Å². The third-order valence-corrected chi connectivity index (χ3v) is 5.88. The van der Waals surface area contributed by atoms with E-state index in [4.69, 9.17) is 16.3 Å². The van der Waals surface area contributed by atoms with Gasteiger partial charge in [-0.3, -0.25) is 14.2 Å². The van der Waals surface area contributed by atoms with Gasteiger partial charge in [-0.05, 0) is 67.4 Å². The third kappa shape index (κ3) is 4.32. The first-order valence-electron chi connectivity index (χ1n) is 10.2. The Kier molecular flexibility index (Phi) is 6.15. The summed E-state index contributed by atoms with van der Waals surface area (Å²) in [7, 11) is 1.57. The number of ether oxygens (including phenoxy) is 1. The van der Waals surface area contributed by atoms with Crippen molar-refractivity contribution in [1.29, 1.82) is 0 Å². The second-order valence-corrected chi connectivity index (χ2v) is 8.08. The molecule has 7 heteroatoms. The number of hydrogen-bond acceptors (Lipinski definition) is 3. The molecule has 1 aromatic heterocycles. The summed E-state index contributed by atoms with van der Waals surface area (Å²) >= 11 is 6.01. The van der Waals surface area contributed by atoms with Crippen LogP contribution in [0.5, 0.6) is 5.75 Å². The van der Waals surface area contributed by atoms with E-state index in [-0.39, 0.29) is 30.0 Å². The number of methoxy groups -OCH3 is 1. The highest BCUT2D eigenvalue weighted by atomic mass is 35.5. The predicted octanol–water partition coefficient (Wildman–Crippen LogP) is 5.62. The standard InChI is InChI=1S/C25H22ClFN2O3/c1-15-21(14-24(30)28-19-9-7-18(27)8-10-19)22-13-20(32-2)11-12-23(22)29(15)25(31)16-3-5-17(26)6-4-16/h3,5-13,16H,4,14H2,1-2H3,(H,28,30). The van der Waals surface area contributed by atoms with Gasteiger partial charge in [-0.2, -0.15) is 0 Å². The first-order chi connectivity index (χ1) is 15.4. The summed E-state index contributed by atoms with van der Waals surface area (Å²) in [6, 6.07) is 11.0. The van der Waals surface area contributed by atoms with Gasteiger partial charge >= 0.3 is 0 Å². The van der Waals surface area contributed by atoms with E-state index in [1.165, 1.54) is 24.3 Å². The molecule has 0 radical (unpaired) electrons. The third-order valence-electron chi connectivity index (χ3n) is 5.60. The summed E-state index contributed by atoms with van der Waals surface area (Å²) in [5.41, 5.74) is 2.65. The van der Waals surface area contributed by atoms with Crippen molar-refractivity contribution >= 4 is 40.0 Å². The molecule has 5 nitrogen and oxygen atoms in total. The molecule has 0 aliphatic heterocycles. The number of nitrogens with zero attached hydrogens (tertiary/aromatic N) is 1. The number of rotatable bonds is 5. The highest BCUT2D eigenvalue weighted by Crippen LogP contribution is 2.32. The van der Waals surface area contributed by atoms with Crippen molar-refractivity contribution in [3.63, 3.8) is 0 Å². The van der Waals surface area contributed by atoms with Crippen molar-refractivity contribution in [3.05, 3.63) is 82.8 Å². The lowest BCUT2D eigenvalue weighted by molar-refractivity contribution is -0.115. The van der Waals surface area contributed by atoms with Gasteiger partial charge in [-0.15, -0.1) is 0 Å². The Morgan fingerprint density at radius 1 is 1.22 bits per heavy atom. The van der Waals surface area contributed by atoms with Crippen LogP contribution in [0.4, 0.5) is 10.1 Å². The van der Waals surface area contributed by atoms with Gasteiger partial charge in [0.2, 0.25) is 11.8 Å². The number of benzene rings is 2. The Morgan fingerprint density at radius 2 is 1.97 bits per heavy atom. The summed E-state index contributed by atoms with van der Waals surface area (Å²) in [6.07, 6.45) is 5.93. The van der Waals surface area contributed by atoms with Crippen LogP contribution in [-0.4, -0.2) is 23.5 Å². The maximum Gasteiger partial charge on any atom is 0.238 e. The van der Waals surface area contributed by atoms with Crippen LogP contribution >= 0.6 is 11.6 Å². The molecule has 1 unspecified atom stereocenters. The molecule has 0 spiro atoms. The van der Waals surface area contributed by atoms with E-state index in [9.17, 15) is 14.0 Å². The lowest BCUT2D eigenvalue weighted by Gasteiger charge is -2.16. The van der Waals surface area contributed by atoms with Crippen molar-refractivity contribution in [3.8, 4) is 5.75 Å². The fourth-order valence-electron chi connectivity index (χ4n) is 3.94. The fraction of sp³-hybridized carbons (Fsp3) is 0.200. The second kappa shape index (κ2) is 9.01. The summed E-state index contributed by atoms with van der Waals surface area (Å²) in [5.74, 6) is -0.425. The van der Waals surface area contributed by atoms with Gasteiger partial charge in [-0.25, -0.2) is 4.39 Å². The van der Waals surface area contributed by atoms with E-state index in [0.29, 0.717) is 34.1 Å². The fourth-order valence-corrected chi connectivity index (χ4v) is 4.10. The van der Waals surface area contributed by atoms with Crippen LogP contribution < -0.4 is 10.1 Å². The molecule has 1 aliphatic rings. The molecule has 164 valence electrons. The lowest BCUT2D eigenvalue weighted by Crippen LogP contribution is -2.22. The highest BCUT2D eigenvalue weighted by Gasteiger charge is 2.25. The van der Waals surface area contributed by atoms with Crippen LogP contribution in [0.3, 0.4) is 0 Å². The van der Waals surface area contributed by atoms with Gasteiger partial charge in [0, 0.05) is 21.8 Å². The van der Waals surface area contributed by atoms with Crippen molar-refractivity contribution < 1.29 is 18.7 Å². The Morgan fingerprint density at radius 3 is 2.62 bits per heavy atom. The van der Waals surface area contributed by atoms with Crippen LogP contribution in [-0.2, 0) is 11.2 Å². The number of aromatic nitrogens is 1. The molecule has 1 atom stereocenters. The maximum atomic E-state index is 13.4. The number of fused-ring (bicyclic) bond motifs is 1. The van der Waals surface area contributed by atoms with E-state index >= 15 is 0 Å². The van der Waals surface area contributed by atoms with Crippen LogP contribution in [0, 0.1) is 18.7 Å². The molecular weight excluding hydrogens is 431 g/mol. The summed E-state index contributed by atoms with van der Waals surface area (Å²) in [4.78, 5) is 26.2. The predicted molar refractivity (Wildman–Crippen MR) is 124 cm³/mol. The van der Waals surface area contributed by atoms with Crippen molar-refractivity contribution in [2.24, 2.45) is 5.92 Å². The molecule has 0 saturated carbocycles. The first kappa shape index (κ1) is 21.8. The minimum atomic E-state index is -0.375. The van der Waals surface area contributed by atoms with Crippen LogP contribution in [0.15, 0.2) is 65.7 Å². The Hall–Kier alpha value is -3.38. The van der Waals surface area contributed by atoms with Gasteiger partial charge < -0.3 is 10.1 Å². The minimum absolute atomic E-state index is 0.0550. The van der Waals surface area contributed by atoms with Crippen LogP contribution in [0.1, 0.15) is 22.5 Å². The lowest BCUT2D eigenvalue weighted by atomic mass is 9.99. The Balaban J connectivity index is 1.70. The zero-order valence-corrected chi connectivity index (χ0v) is 18.4. The number of carbonyl (C=O) groups is 2. The minimum Gasteiger partial charge on any atom is -0.497 e. The summed E-state index contributed by atoms with van der Waals surface area (Å²) < 4.78 is 20.2. The highest BCUT2D eigenvalue weighted by molar-refractivity contribution is 6.31. The molecule has 4 rings (SSSR count). The maximum absolute atomic E-state index is 13.4. The average Bonchev–Trinajstić information content (AvgIpc) is 3.06. The van der Waals surface area contributed by atoms with Gasteiger partial charge in [0.25, 0.3) is 0 Å². The van der Waals surface area contributed by atoms with Gasteiger partial charge in [0.05, 0.1) is 25.0 Å². The molecule has 1 amide bonds. The number of nitrogens with one attached hydrogen (secondary N) is 1. The smallest absolute Gasteiger partial charge is 0.238 e. The first-order valence-corrected chi connectivity index (χ1v) is 10.6. The van der Waals surface area contributed by atoms with E-state index < -0.39 is 0 Å². The zero-order valence-electron chi connectivity index (χ0n) is 17.7.